The Morgan fingerprint density at radius 2 is 1.53 bits per heavy atom. The van der Waals surface area contributed by atoms with E-state index in [0.29, 0.717) is 19.4 Å². The molecule has 3 atom stereocenters. The van der Waals surface area contributed by atoms with Gasteiger partial charge in [0.1, 0.15) is 12.1 Å². The molecule has 0 aliphatic heterocycles. The van der Waals surface area contributed by atoms with E-state index in [0.717, 1.165) is 4.90 Å². The summed E-state index contributed by atoms with van der Waals surface area (Å²) in [5.74, 6) is -6.04. The van der Waals surface area contributed by atoms with E-state index in [1.165, 1.54) is 13.0 Å². The molecule has 0 bridgehead atoms. The van der Waals surface area contributed by atoms with Crippen molar-refractivity contribution in [2.45, 2.75) is 50.7 Å². The summed E-state index contributed by atoms with van der Waals surface area (Å²) in [5.41, 5.74) is 16.2. The lowest BCUT2D eigenvalue weighted by Crippen LogP contribution is -2.53. The second kappa shape index (κ2) is 18.2. The van der Waals surface area contributed by atoms with Crippen LogP contribution in [0, 0.1) is 0 Å². The molecule has 0 spiro atoms. The average molecular weight is 543 g/mol. The predicted molar refractivity (Wildman–Crippen MR) is 135 cm³/mol. The fraction of sp³-hybridized carbons (Fsp3) is 0.591. The maximum Gasteiger partial charge on any atom is 0.305 e. The number of carbonyl (C=O) groups is 7. The number of hydrogen-bond acceptors (Lipinski definition) is 9. The second-order valence-corrected chi connectivity index (χ2v) is 8.32. The van der Waals surface area contributed by atoms with E-state index in [9.17, 15) is 33.6 Å². The first kappa shape index (κ1) is 34.0. The van der Waals surface area contributed by atoms with E-state index in [-0.39, 0.29) is 13.0 Å². The van der Waals surface area contributed by atoms with Gasteiger partial charge < -0.3 is 48.5 Å². The van der Waals surface area contributed by atoms with E-state index < -0.39 is 85.6 Å². The van der Waals surface area contributed by atoms with Gasteiger partial charge in [0.2, 0.25) is 35.4 Å². The quantitative estimate of drug-likeness (QED) is 0.0573. The number of unbranched alkanes of at least 4 members (excludes halogenated alkanes) is 1. The van der Waals surface area contributed by atoms with Crippen LogP contribution in [0.5, 0.6) is 0 Å². The van der Waals surface area contributed by atoms with Crippen LogP contribution in [0.3, 0.4) is 0 Å². The Labute approximate surface area is 220 Å². The summed E-state index contributed by atoms with van der Waals surface area (Å²) in [6, 6.07) is -3.41. The lowest BCUT2D eigenvalue weighted by atomic mass is 10.1. The molecule has 0 saturated heterocycles. The van der Waals surface area contributed by atoms with E-state index in [1.54, 1.807) is 0 Å². The largest absolute Gasteiger partial charge is 0.481 e. The minimum atomic E-state index is -1.57. The van der Waals surface area contributed by atoms with E-state index in [4.69, 9.17) is 22.3 Å². The summed E-state index contributed by atoms with van der Waals surface area (Å²) < 4.78 is 0. The first-order valence-electron chi connectivity index (χ1n) is 11.8. The molecule has 16 nitrogen and oxygen atoms in total. The van der Waals surface area contributed by atoms with Crippen LogP contribution < -0.4 is 38.5 Å². The molecule has 16 heteroatoms. The molecule has 11 N–H and O–H groups in total. The number of carboxylic acid groups (broad SMARTS) is 1. The predicted octanol–water partition coefficient (Wildman–Crippen LogP) is -4.36. The third kappa shape index (κ3) is 14.5. The molecule has 0 saturated carbocycles. The molecule has 0 aromatic rings. The van der Waals surface area contributed by atoms with Crippen LogP contribution in [0.25, 0.3) is 0 Å². The third-order valence-electron chi connectivity index (χ3n) is 4.91. The van der Waals surface area contributed by atoms with Crippen molar-refractivity contribution in [3.63, 3.8) is 0 Å². The number of nitrogens with one attached hydrogen (secondary N) is 4. The summed E-state index contributed by atoms with van der Waals surface area (Å²) >= 11 is 0. The fourth-order valence-electron chi connectivity index (χ4n) is 3.03. The molecule has 0 unspecified atom stereocenters. The van der Waals surface area contributed by atoms with Crippen LogP contribution in [0.15, 0.2) is 12.7 Å². The van der Waals surface area contributed by atoms with E-state index in [2.05, 4.69) is 27.8 Å². The number of carbonyl (C=O) groups excluding carboxylic acids is 6. The van der Waals surface area contributed by atoms with Crippen molar-refractivity contribution >= 4 is 41.4 Å². The number of amides is 6. The number of primary amides is 1. The first-order valence-corrected chi connectivity index (χ1v) is 11.8. The van der Waals surface area contributed by atoms with E-state index >= 15 is 0 Å². The van der Waals surface area contributed by atoms with Gasteiger partial charge in [-0.2, -0.15) is 0 Å². The third-order valence-corrected chi connectivity index (χ3v) is 4.91. The van der Waals surface area contributed by atoms with Crippen molar-refractivity contribution in [2.75, 3.05) is 32.7 Å². The van der Waals surface area contributed by atoms with Crippen molar-refractivity contribution in [1.29, 1.82) is 0 Å². The maximum absolute atomic E-state index is 12.4. The molecule has 0 heterocycles. The van der Waals surface area contributed by atoms with Crippen LogP contribution in [-0.2, 0) is 33.6 Å². The van der Waals surface area contributed by atoms with E-state index in [1.807, 2.05) is 0 Å². The molecule has 38 heavy (non-hydrogen) atoms. The number of nitrogens with two attached hydrogens (primary N) is 3. The van der Waals surface area contributed by atoms with Gasteiger partial charge in [-0.25, -0.2) is 0 Å². The second-order valence-electron chi connectivity index (χ2n) is 8.32. The van der Waals surface area contributed by atoms with Crippen molar-refractivity contribution < 1.29 is 38.7 Å². The molecular weight excluding hydrogens is 504 g/mol. The minimum Gasteiger partial charge on any atom is -0.481 e. The molecule has 0 aromatic carbocycles. The fourth-order valence-corrected chi connectivity index (χ4v) is 3.03. The zero-order valence-corrected chi connectivity index (χ0v) is 21.4. The van der Waals surface area contributed by atoms with Crippen LogP contribution in [-0.4, -0.2) is 102 Å². The Morgan fingerprint density at radius 3 is 2.03 bits per heavy atom. The van der Waals surface area contributed by atoms with Gasteiger partial charge in [0, 0.05) is 6.54 Å². The topological polar surface area (TPSA) is 269 Å². The Balaban J connectivity index is 4.89. The molecule has 0 aliphatic carbocycles. The van der Waals surface area contributed by atoms with Gasteiger partial charge in [-0.15, -0.1) is 6.58 Å². The van der Waals surface area contributed by atoms with Gasteiger partial charge in [-0.05, 0) is 32.7 Å². The van der Waals surface area contributed by atoms with Crippen LogP contribution in [0.2, 0.25) is 0 Å². The van der Waals surface area contributed by atoms with Gasteiger partial charge in [0.15, 0.2) is 0 Å². The Morgan fingerprint density at radius 1 is 0.947 bits per heavy atom. The van der Waals surface area contributed by atoms with Crippen molar-refractivity contribution in [2.24, 2.45) is 17.2 Å². The van der Waals surface area contributed by atoms with Gasteiger partial charge >= 0.3 is 5.97 Å². The molecule has 0 fully saturated rings. The standard InChI is InChI=1S/C22H38N8O8/c1-3-8-30(22(38)13(2)24)12-18(33)26-10-16(31)29-15(9-19(34)35)21(37)27-11-17(32)28-14(20(25)36)6-4-5-7-23/h3,13-15H,1,4-12,23-24H2,2H3,(H2,25,36)(H,26,33)(H,27,37)(H,28,32)(H,29,31)(H,34,35)/t13-,14-,15-/m0/s1. The normalized spacial score (nSPS) is 12.7. The zero-order chi connectivity index (χ0) is 29.3. The summed E-state index contributed by atoms with van der Waals surface area (Å²) in [4.78, 5) is 84.7. The van der Waals surface area contributed by atoms with Gasteiger partial charge in [0.05, 0.1) is 32.1 Å². The Kier molecular flexibility index (Phi) is 16.3. The van der Waals surface area contributed by atoms with Crippen molar-refractivity contribution in [3.8, 4) is 0 Å². The smallest absolute Gasteiger partial charge is 0.305 e. The van der Waals surface area contributed by atoms with Gasteiger partial charge in [-0.3, -0.25) is 33.6 Å². The SMILES string of the molecule is C=CCN(CC(=O)NCC(=O)N[C@@H](CC(=O)O)C(=O)NCC(=O)N[C@@H](CCCCN)C(N)=O)C(=O)[C@H](C)N. The highest BCUT2D eigenvalue weighted by atomic mass is 16.4. The monoisotopic (exact) mass is 542 g/mol. The maximum atomic E-state index is 12.4. The molecule has 0 rings (SSSR count). The van der Waals surface area contributed by atoms with Crippen molar-refractivity contribution in [3.05, 3.63) is 12.7 Å². The highest BCUT2D eigenvalue weighted by Gasteiger charge is 2.25. The number of nitrogens with zero attached hydrogens (tertiary/aromatic N) is 1. The van der Waals surface area contributed by atoms with Crippen LogP contribution >= 0.6 is 0 Å². The summed E-state index contributed by atoms with van der Waals surface area (Å²) in [6.45, 7) is 3.73. The van der Waals surface area contributed by atoms with Gasteiger partial charge in [0.25, 0.3) is 0 Å². The molecule has 6 amide bonds. The van der Waals surface area contributed by atoms with Crippen LogP contribution in [0.1, 0.15) is 32.6 Å². The first-order chi connectivity index (χ1) is 17.8. The van der Waals surface area contributed by atoms with Crippen molar-refractivity contribution in [1.82, 2.24) is 26.2 Å². The number of carboxylic acids is 1. The minimum absolute atomic E-state index is 0.0440. The zero-order valence-electron chi connectivity index (χ0n) is 21.4. The Hall–Kier alpha value is -4.05. The number of hydrogen-bond donors (Lipinski definition) is 8. The molecule has 0 aliphatic rings. The molecule has 214 valence electrons. The molecule has 0 radical (unpaired) electrons. The number of rotatable bonds is 19. The molecular formula is C22H38N8O8. The summed E-state index contributed by atoms with van der Waals surface area (Å²) in [5, 5.41) is 18.0. The summed E-state index contributed by atoms with van der Waals surface area (Å²) in [7, 11) is 0. The lowest BCUT2D eigenvalue weighted by molar-refractivity contribution is -0.141. The highest BCUT2D eigenvalue weighted by Crippen LogP contribution is 2.00. The van der Waals surface area contributed by atoms with Gasteiger partial charge in [-0.1, -0.05) is 6.08 Å². The highest BCUT2D eigenvalue weighted by molar-refractivity contribution is 5.95. The van der Waals surface area contributed by atoms with Crippen LogP contribution in [0.4, 0.5) is 0 Å². The average Bonchev–Trinajstić information content (AvgIpc) is 2.83. The Bertz CT molecular complexity index is 879. The molecule has 0 aromatic heterocycles. The summed E-state index contributed by atoms with van der Waals surface area (Å²) in [6.07, 6.45) is 1.98. The lowest BCUT2D eigenvalue weighted by Gasteiger charge is -2.22. The number of aliphatic carboxylic acids is 1.